The molecule has 0 atom stereocenters. The van der Waals surface area contributed by atoms with Crippen LogP contribution in [0, 0.1) is 0 Å². The number of amides is 1. The molecule has 6 heteroatoms. The molecule has 18 heavy (non-hydrogen) atoms. The Labute approximate surface area is 104 Å². The van der Waals surface area contributed by atoms with Gasteiger partial charge in [0.15, 0.2) is 0 Å². The van der Waals surface area contributed by atoms with E-state index in [2.05, 4.69) is 16.6 Å². The van der Waals surface area contributed by atoms with Crippen molar-refractivity contribution < 1.29 is 24.5 Å². The summed E-state index contributed by atoms with van der Waals surface area (Å²) in [5, 5.41) is 20.6. The van der Waals surface area contributed by atoms with Crippen molar-refractivity contribution in [3.8, 4) is 5.75 Å². The van der Waals surface area contributed by atoms with Crippen molar-refractivity contribution in [3.05, 3.63) is 42.0 Å². The van der Waals surface area contributed by atoms with Gasteiger partial charge in [0.1, 0.15) is 17.9 Å². The topological polar surface area (TPSA) is 95.9 Å². The Morgan fingerprint density at radius 2 is 2.17 bits per heavy atom. The first kappa shape index (κ1) is 13.6. The molecule has 0 aliphatic rings. The highest BCUT2D eigenvalue weighted by atomic mass is 16.5. The van der Waals surface area contributed by atoms with Crippen LogP contribution in [0.4, 0.5) is 4.79 Å². The predicted molar refractivity (Wildman–Crippen MR) is 63.5 cm³/mol. The first-order valence-corrected chi connectivity index (χ1v) is 5.11. The van der Waals surface area contributed by atoms with Crippen LogP contribution < -0.4 is 5.32 Å². The van der Waals surface area contributed by atoms with Gasteiger partial charge in [0.25, 0.3) is 0 Å². The van der Waals surface area contributed by atoms with Gasteiger partial charge in [-0.15, -0.1) is 0 Å². The van der Waals surface area contributed by atoms with E-state index in [-0.39, 0.29) is 24.5 Å². The summed E-state index contributed by atoms with van der Waals surface area (Å²) >= 11 is 0. The molecule has 1 rings (SSSR count). The summed E-state index contributed by atoms with van der Waals surface area (Å²) in [6.45, 7) is 3.63. The standard InChI is InChI=1S/C12H13NO5/c1-2-5-18-12(17)13-7-8-3-4-9(11(15)16)10(14)6-8/h2-4,6,14H,1,5,7H2,(H,13,17)(H,15,16). The fraction of sp³-hybridized carbons (Fsp3) is 0.167. The van der Waals surface area contributed by atoms with Crippen LogP contribution in [0.1, 0.15) is 15.9 Å². The van der Waals surface area contributed by atoms with Gasteiger partial charge in [0, 0.05) is 6.54 Å². The quantitative estimate of drug-likeness (QED) is 0.689. The number of carboxylic acid groups (broad SMARTS) is 1. The van der Waals surface area contributed by atoms with Gasteiger partial charge in [-0.05, 0) is 17.7 Å². The molecule has 0 bridgehead atoms. The summed E-state index contributed by atoms with van der Waals surface area (Å²) in [4.78, 5) is 21.8. The van der Waals surface area contributed by atoms with E-state index >= 15 is 0 Å². The van der Waals surface area contributed by atoms with Crippen molar-refractivity contribution >= 4 is 12.1 Å². The normalized spacial score (nSPS) is 9.56. The average Bonchev–Trinajstić information content (AvgIpc) is 2.33. The summed E-state index contributed by atoms with van der Waals surface area (Å²) in [5.41, 5.74) is 0.376. The van der Waals surface area contributed by atoms with E-state index in [1.165, 1.54) is 24.3 Å². The number of ether oxygens (including phenoxy) is 1. The molecule has 0 aliphatic carbocycles. The number of carbonyl (C=O) groups is 2. The Hall–Kier alpha value is -2.50. The second kappa shape index (κ2) is 6.29. The molecule has 0 aliphatic heterocycles. The van der Waals surface area contributed by atoms with Crippen LogP contribution in [0.3, 0.4) is 0 Å². The van der Waals surface area contributed by atoms with Gasteiger partial charge < -0.3 is 20.3 Å². The smallest absolute Gasteiger partial charge is 0.407 e. The minimum absolute atomic E-state index is 0.106. The molecule has 1 amide bonds. The van der Waals surface area contributed by atoms with Gasteiger partial charge in [-0.25, -0.2) is 9.59 Å². The molecule has 0 saturated heterocycles. The Morgan fingerprint density at radius 1 is 1.44 bits per heavy atom. The van der Waals surface area contributed by atoms with E-state index in [1.807, 2.05) is 0 Å². The van der Waals surface area contributed by atoms with Gasteiger partial charge in [0.05, 0.1) is 0 Å². The van der Waals surface area contributed by atoms with E-state index in [4.69, 9.17) is 5.11 Å². The number of carbonyl (C=O) groups excluding carboxylic acids is 1. The first-order valence-electron chi connectivity index (χ1n) is 5.11. The maximum Gasteiger partial charge on any atom is 0.407 e. The summed E-state index contributed by atoms with van der Waals surface area (Å²) in [7, 11) is 0. The Bertz CT molecular complexity index is 470. The first-order chi connectivity index (χ1) is 8.54. The molecule has 0 aromatic heterocycles. The average molecular weight is 251 g/mol. The molecule has 0 fully saturated rings. The fourth-order valence-corrected chi connectivity index (χ4v) is 1.23. The van der Waals surface area contributed by atoms with Crippen LogP contribution >= 0.6 is 0 Å². The number of nitrogens with one attached hydrogen (secondary N) is 1. The van der Waals surface area contributed by atoms with Crippen LogP contribution in [-0.4, -0.2) is 28.9 Å². The highest BCUT2D eigenvalue weighted by Crippen LogP contribution is 2.18. The Balaban J connectivity index is 2.58. The minimum Gasteiger partial charge on any atom is -0.507 e. The monoisotopic (exact) mass is 251 g/mol. The lowest BCUT2D eigenvalue weighted by Crippen LogP contribution is -2.23. The van der Waals surface area contributed by atoms with Crippen LogP contribution in [0.2, 0.25) is 0 Å². The second-order valence-electron chi connectivity index (χ2n) is 3.40. The lowest BCUT2D eigenvalue weighted by Gasteiger charge is -2.06. The summed E-state index contributed by atoms with van der Waals surface area (Å²) in [6.07, 6.45) is 0.823. The minimum atomic E-state index is -1.21. The molecule has 1 aromatic rings. The number of phenols is 1. The molecule has 96 valence electrons. The second-order valence-corrected chi connectivity index (χ2v) is 3.40. The molecular formula is C12H13NO5. The van der Waals surface area contributed by atoms with E-state index < -0.39 is 12.1 Å². The molecule has 0 saturated carbocycles. The number of rotatable bonds is 5. The van der Waals surface area contributed by atoms with Crippen molar-refractivity contribution in [1.29, 1.82) is 0 Å². The van der Waals surface area contributed by atoms with E-state index in [0.29, 0.717) is 5.56 Å². The maximum atomic E-state index is 11.1. The predicted octanol–water partition coefficient (Wildman–Crippen LogP) is 1.50. The molecule has 6 nitrogen and oxygen atoms in total. The molecule has 3 N–H and O–H groups in total. The lowest BCUT2D eigenvalue weighted by molar-refractivity contribution is 0.0693. The number of alkyl carbamates (subject to hydrolysis) is 1. The van der Waals surface area contributed by atoms with Gasteiger partial charge in [-0.2, -0.15) is 0 Å². The third kappa shape index (κ3) is 3.82. The van der Waals surface area contributed by atoms with Crippen molar-refractivity contribution in [3.63, 3.8) is 0 Å². The zero-order chi connectivity index (χ0) is 13.5. The molecule has 1 aromatic carbocycles. The number of aromatic carboxylic acids is 1. The zero-order valence-electron chi connectivity index (χ0n) is 9.55. The summed E-state index contributed by atoms with van der Waals surface area (Å²) in [6, 6.07) is 4.04. The van der Waals surface area contributed by atoms with Gasteiger partial charge in [-0.1, -0.05) is 18.7 Å². The number of hydrogen-bond acceptors (Lipinski definition) is 4. The third-order valence-corrected chi connectivity index (χ3v) is 2.06. The maximum absolute atomic E-state index is 11.1. The molecular weight excluding hydrogens is 238 g/mol. The third-order valence-electron chi connectivity index (χ3n) is 2.06. The summed E-state index contributed by atoms with van der Waals surface area (Å²) < 4.78 is 4.68. The molecule has 0 radical (unpaired) electrons. The number of hydrogen-bond donors (Lipinski definition) is 3. The van der Waals surface area contributed by atoms with Gasteiger partial charge in [-0.3, -0.25) is 0 Å². The summed E-state index contributed by atoms with van der Waals surface area (Å²) in [5.74, 6) is -1.56. The highest BCUT2D eigenvalue weighted by Gasteiger charge is 2.10. The molecule has 0 spiro atoms. The van der Waals surface area contributed by atoms with Crippen molar-refractivity contribution in [1.82, 2.24) is 5.32 Å². The number of benzene rings is 1. The van der Waals surface area contributed by atoms with Gasteiger partial charge >= 0.3 is 12.1 Å². The SMILES string of the molecule is C=CCOC(=O)NCc1ccc(C(=O)O)c(O)c1. The van der Waals surface area contributed by atoms with Crippen LogP contribution in [0.15, 0.2) is 30.9 Å². The number of carboxylic acids is 1. The van der Waals surface area contributed by atoms with Crippen LogP contribution in [0.25, 0.3) is 0 Å². The molecule has 0 heterocycles. The Kier molecular flexibility index (Phi) is 4.74. The van der Waals surface area contributed by atoms with Crippen molar-refractivity contribution in [2.75, 3.05) is 6.61 Å². The largest absolute Gasteiger partial charge is 0.507 e. The van der Waals surface area contributed by atoms with E-state index in [0.717, 1.165) is 0 Å². The Morgan fingerprint density at radius 3 is 2.72 bits per heavy atom. The van der Waals surface area contributed by atoms with Crippen molar-refractivity contribution in [2.24, 2.45) is 0 Å². The van der Waals surface area contributed by atoms with E-state index in [1.54, 1.807) is 0 Å². The number of aromatic hydroxyl groups is 1. The fourth-order valence-electron chi connectivity index (χ4n) is 1.23. The van der Waals surface area contributed by atoms with Crippen molar-refractivity contribution in [2.45, 2.75) is 6.54 Å². The zero-order valence-corrected chi connectivity index (χ0v) is 9.55. The van der Waals surface area contributed by atoms with Gasteiger partial charge in [0.2, 0.25) is 0 Å². The van der Waals surface area contributed by atoms with Crippen LogP contribution in [-0.2, 0) is 11.3 Å². The molecule has 0 unspecified atom stereocenters. The van der Waals surface area contributed by atoms with E-state index in [9.17, 15) is 14.7 Å². The highest BCUT2D eigenvalue weighted by molar-refractivity contribution is 5.90. The van der Waals surface area contributed by atoms with Crippen LogP contribution in [0.5, 0.6) is 5.75 Å². The lowest BCUT2D eigenvalue weighted by atomic mass is 10.1.